The minimum Gasteiger partial charge on any atom is -0.657 e. The summed E-state index contributed by atoms with van der Waals surface area (Å²) in [6.07, 6.45) is 8.23. The zero-order valence-corrected chi connectivity index (χ0v) is 17.7. The van der Waals surface area contributed by atoms with E-state index in [0.717, 1.165) is 67.1 Å². The molecule has 5 heterocycles. The SMILES string of the molecule is Cc1c2nc(c(C)c3ccc([n-]3)c(C)c3ccc([n-]3)c(C)c3nc1C=C3)C=C2.[Ni+2]. The van der Waals surface area contributed by atoms with Crippen molar-refractivity contribution in [1.29, 1.82) is 0 Å². The molecular weight excluding hydrogens is 403 g/mol. The van der Waals surface area contributed by atoms with Gasteiger partial charge in [0.05, 0.1) is 22.8 Å². The van der Waals surface area contributed by atoms with Gasteiger partial charge in [-0.2, -0.15) is 0 Å². The van der Waals surface area contributed by atoms with E-state index < -0.39 is 0 Å². The van der Waals surface area contributed by atoms with Crippen LogP contribution < -0.4 is 9.97 Å². The molecule has 5 heteroatoms. The second-order valence-electron chi connectivity index (χ2n) is 7.36. The van der Waals surface area contributed by atoms with Gasteiger partial charge in [-0.1, -0.05) is 29.8 Å². The maximum atomic E-state index is 4.84. The molecule has 0 N–H and O–H groups in total. The van der Waals surface area contributed by atoms with Crippen molar-refractivity contribution in [3.8, 4) is 0 Å². The Morgan fingerprint density at radius 2 is 0.793 bits per heavy atom. The molecule has 146 valence electrons. The molecule has 0 spiro atoms. The maximum Gasteiger partial charge on any atom is 2.00 e. The Kier molecular flexibility index (Phi) is 4.80. The molecule has 0 saturated heterocycles. The molecule has 0 amide bonds. The third-order valence-electron chi connectivity index (χ3n) is 5.63. The molecular formula is C24H20N4Ni. The predicted octanol–water partition coefficient (Wildman–Crippen LogP) is 5.14. The molecule has 4 nitrogen and oxygen atoms in total. The molecule has 3 aromatic heterocycles. The third kappa shape index (κ3) is 3.16. The van der Waals surface area contributed by atoms with E-state index in [0.29, 0.717) is 0 Å². The second kappa shape index (κ2) is 7.16. The zero-order chi connectivity index (χ0) is 19.4. The van der Waals surface area contributed by atoms with Crippen molar-refractivity contribution in [2.24, 2.45) is 0 Å². The van der Waals surface area contributed by atoms with Crippen LogP contribution in [0.15, 0.2) is 24.3 Å². The van der Waals surface area contributed by atoms with Crippen molar-refractivity contribution < 1.29 is 16.5 Å². The van der Waals surface area contributed by atoms with Crippen LogP contribution in [0.25, 0.3) is 46.4 Å². The van der Waals surface area contributed by atoms with Gasteiger partial charge in [-0.25, -0.2) is 9.97 Å². The number of hydrogen-bond donors (Lipinski definition) is 0. The number of rotatable bonds is 0. The van der Waals surface area contributed by atoms with Crippen LogP contribution in [0.5, 0.6) is 0 Å². The third-order valence-corrected chi connectivity index (χ3v) is 5.63. The fourth-order valence-electron chi connectivity index (χ4n) is 3.64. The quantitative estimate of drug-likeness (QED) is 0.324. The summed E-state index contributed by atoms with van der Waals surface area (Å²) >= 11 is 0. The van der Waals surface area contributed by atoms with E-state index in [-0.39, 0.29) is 16.5 Å². The number of aryl methyl sites for hydroxylation is 3. The van der Waals surface area contributed by atoms with E-state index in [2.05, 4.69) is 76.3 Å². The van der Waals surface area contributed by atoms with Crippen molar-refractivity contribution in [3.05, 3.63) is 69.3 Å². The summed E-state index contributed by atoms with van der Waals surface area (Å²) in [4.78, 5) is 19.4. The molecule has 2 aliphatic heterocycles. The summed E-state index contributed by atoms with van der Waals surface area (Å²) in [6, 6.07) is 8.23. The zero-order valence-electron chi connectivity index (χ0n) is 16.7. The average Bonchev–Trinajstić information content (AvgIpc) is 3.49. The standard InChI is InChI=1S/C24H20N4.Ni/c1-13-17-5-7-19(25-17)14(2)21-9-11-23(27-21)16(4)24-12-10-22(28-24)15(3)20-8-6-18(13)26-20;/h5-12H,1-4H3;/q-2;+2. The van der Waals surface area contributed by atoms with Crippen LogP contribution in [0.4, 0.5) is 0 Å². The fourth-order valence-corrected chi connectivity index (χ4v) is 3.64. The Balaban J connectivity index is 0.00000205. The Morgan fingerprint density at radius 3 is 1.17 bits per heavy atom. The van der Waals surface area contributed by atoms with Crippen molar-refractivity contribution in [2.75, 3.05) is 0 Å². The van der Waals surface area contributed by atoms with Gasteiger partial charge in [0.2, 0.25) is 0 Å². The number of aromatic nitrogens is 4. The van der Waals surface area contributed by atoms with Gasteiger partial charge in [0.25, 0.3) is 0 Å². The first kappa shape index (κ1) is 19.4. The smallest absolute Gasteiger partial charge is 0.657 e. The molecule has 0 aromatic carbocycles. The molecule has 0 fully saturated rings. The topological polar surface area (TPSA) is 54.0 Å². The first-order valence-electron chi connectivity index (χ1n) is 9.43. The van der Waals surface area contributed by atoms with E-state index >= 15 is 0 Å². The maximum absolute atomic E-state index is 4.84. The van der Waals surface area contributed by atoms with Crippen molar-refractivity contribution in [2.45, 2.75) is 27.7 Å². The minimum atomic E-state index is 0. The molecule has 0 aliphatic carbocycles. The Morgan fingerprint density at radius 1 is 0.483 bits per heavy atom. The van der Waals surface area contributed by atoms with Gasteiger partial charge >= 0.3 is 16.5 Å². The van der Waals surface area contributed by atoms with Crippen LogP contribution >= 0.6 is 0 Å². The average molecular weight is 423 g/mol. The van der Waals surface area contributed by atoms with Crippen molar-refractivity contribution in [3.63, 3.8) is 0 Å². The summed E-state index contributed by atoms with van der Waals surface area (Å²) in [6.45, 7) is 8.29. The van der Waals surface area contributed by atoms with Gasteiger partial charge in [-0.15, -0.1) is 22.1 Å². The minimum absolute atomic E-state index is 0. The predicted molar refractivity (Wildman–Crippen MR) is 116 cm³/mol. The number of nitrogens with zero attached hydrogens (tertiary/aromatic N) is 4. The van der Waals surface area contributed by atoms with E-state index in [1.54, 1.807) is 0 Å². The van der Waals surface area contributed by atoms with Crippen LogP contribution in [0.1, 0.15) is 45.0 Å². The van der Waals surface area contributed by atoms with Gasteiger partial charge in [0.1, 0.15) is 0 Å². The first-order valence-corrected chi connectivity index (χ1v) is 9.43. The molecule has 0 saturated carbocycles. The number of hydrogen-bond acceptors (Lipinski definition) is 2. The Hall–Kier alpha value is -2.91. The van der Waals surface area contributed by atoms with Crippen molar-refractivity contribution >= 4 is 46.4 Å². The molecule has 0 unspecified atom stereocenters. The van der Waals surface area contributed by atoms with Crippen LogP contribution in [0, 0.1) is 27.7 Å². The Bertz CT molecular complexity index is 1250. The molecule has 8 bridgehead atoms. The van der Waals surface area contributed by atoms with Crippen LogP contribution in [-0.4, -0.2) is 9.97 Å². The second-order valence-corrected chi connectivity index (χ2v) is 7.36. The van der Waals surface area contributed by atoms with Crippen LogP contribution in [0.3, 0.4) is 0 Å². The summed E-state index contributed by atoms with van der Waals surface area (Å²) in [5.41, 5.74) is 11.9. The van der Waals surface area contributed by atoms with Crippen molar-refractivity contribution in [1.82, 2.24) is 19.9 Å². The Labute approximate surface area is 179 Å². The van der Waals surface area contributed by atoms with E-state index in [1.807, 2.05) is 0 Å². The van der Waals surface area contributed by atoms with E-state index in [1.165, 1.54) is 0 Å². The normalized spacial score (nSPS) is 12.3. The van der Waals surface area contributed by atoms with Crippen LogP contribution in [0.2, 0.25) is 0 Å². The van der Waals surface area contributed by atoms with Gasteiger partial charge in [0, 0.05) is 5.56 Å². The monoisotopic (exact) mass is 422 g/mol. The molecule has 0 atom stereocenters. The van der Waals surface area contributed by atoms with Gasteiger partial charge in [-0.3, -0.25) is 0 Å². The molecule has 2 aliphatic rings. The summed E-state index contributed by atoms with van der Waals surface area (Å²) in [5, 5.41) is 0. The summed E-state index contributed by atoms with van der Waals surface area (Å²) in [7, 11) is 0. The largest absolute Gasteiger partial charge is 2.00 e. The molecule has 29 heavy (non-hydrogen) atoms. The summed E-state index contributed by atoms with van der Waals surface area (Å²) < 4.78 is 0. The first-order chi connectivity index (χ1) is 13.5. The molecule has 3 aromatic rings. The van der Waals surface area contributed by atoms with Gasteiger partial charge < -0.3 is 9.97 Å². The fraction of sp³-hybridized carbons (Fsp3) is 0.167. The van der Waals surface area contributed by atoms with Gasteiger partial charge in [-0.05, 0) is 63.1 Å². The number of fused-ring (bicyclic) bond motifs is 8. The summed E-state index contributed by atoms with van der Waals surface area (Å²) in [5.74, 6) is 0. The van der Waals surface area contributed by atoms with Gasteiger partial charge in [0.15, 0.2) is 0 Å². The van der Waals surface area contributed by atoms with Crippen LogP contribution in [-0.2, 0) is 16.5 Å². The van der Waals surface area contributed by atoms with E-state index in [4.69, 9.17) is 19.9 Å². The van der Waals surface area contributed by atoms with E-state index in [9.17, 15) is 0 Å². The molecule has 5 rings (SSSR count). The molecule has 0 radical (unpaired) electrons.